The van der Waals surface area contributed by atoms with Crippen LogP contribution in [0.4, 0.5) is 0 Å². The minimum absolute atomic E-state index is 0.202. The van der Waals surface area contributed by atoms with Gasteiger partial charge in [0.05, 0.1) is 12.3 Å². The van der Waals surface area contributed by atoms with Gasteiger partial charge in [0, 0.05) is 11.8 Å². The highest BCUT2D eigenvalue weighted by Gasteiger charge is 2.15. The Labute approximate surface area is 118 Å². The lowest BCUT2D eigenvalue weighted by Crippen LogP contribution is -2.16. The van der Waals surface area contributed by atoms with E-state index < -0.39 is 0 Å². The minimum atomic E-state index is 0.202. The molecule has 2 heterocycles. The fraction of sp³-hybridized carbons (Fsp3) is 0.294. The van der Waals surface area contributed by atoms with E-state index in [-0.39, 0.29) is 6.04 Å². The van der Waals surface area contributed by atoms with Gasteiger partial charge in [-0.25, -0.2) is 0 Å². The molecule has 104 valence electrons. The van der Waals surface area contributed by atoms with Gasteiger partial charge in [0.2, 0.25) is 0 Å². The quantitative estimate of drug-likeness (QED) is 0.753. The Balaban J connectivity index is 1.79. The highest BCUT2D eigenvalue weighted by Crippen LogP contribution is 2.27. The summed E-state index contributed by atoms with van der Waals surface area (Å²) in [7, 11) is 1.96. The number of rotatable bonds is 5. The predicted molar refractivity (Wildman–Crippen MR) is 79.8 cm³/mol. The van der Waals surface area contributed by atoms with Crippen LogP contribution >= 0.6 is 0 Å². The highest BCUT2D eigenvalue weighted by molar-refractivity contribution is 5.78. The summed E-state index contributed by atoms with van der Waals surface area (Å²) < 4.78 is 11.3. The molecule has 0 radical (unpaired) electrons. The first kappa shape index (κ1) is 13.0. The van der Waals surface area contributed by atoms with Crippen molar-refractivity contribution in [3.05, 3.63) is 59.7 Å². The summed E-state index contributed by atoms with van der Waals surface area (Å²) in [5, 5.41) is 4.49. The molecule has 3 aromatic rings. The molecule has 2 aromatic heterocycles. The van der Waals surface area contributed by atoms with E-state index >= 15 is 0 Å². The number of fused-ring (bicyclic) bond motifs is 1. The zero-order valence-corrected chi connectivity index (χ0v) is 11.8. The summed E-state index contributed by atoms with van der Waals surface area (Å²) in [6.07, 6.45) is 3.56. The maximum atomic E-state index is 5.95. The Kier molecular flexibility index (Phi) is 3.61. The van der Waals surface area contributed by atoms with E-state index in [2.05, 4.69) is 30.4 Å². The van der Waals surface area contributed by atoms with Crippen LogP contribution in [0.5, 0.6) is 0 Å². The number of nitrogens with one attached hydrogen (secondary N) is 1. The number of benzene rings is 1. The van der Waals surface area contributed by atoms with Gasteiger partial charge in [-0.2, -0.15) is 0 Å². The van der Waals surface area contributed by atoms with Crippen LogP contribution in [0.1, 0.15) is 29.5 Å². The van der Waals surface area contributed by atoms with Crippen LogP contribution in [-0.2, 0) is 6.42 Å². The topological polar surface area (TPSA) is 38.3 Å². The molecule has 20 heavy (non-hydrogen) atoms. The van der Waals surface area contributed by atoms with Crippen molar-refractivity contribution in [1.82, 2.24) is 5.32 Å². The minimum Gasteiger partial charge on any atom is -0.469 e. The summed E-state index contributed by atoms with van der Waals surface area (Å²) in [5.41, 5.74) is 2.20. The molecule has 0 aliphatic carbocycles. The van der Waals surface area contributed by atoms with Gasteiger partial charge in [-0.1, -0.05) is 11.6 Å². The summed E-state index contributed by atoms with van der Waals surface area (Å²) in [5.74, 6) is 2.00. The smallest absolute Gasteiger partial charge is 0.134 e. The number of aryl methyl sites for hydroxylation is 2. The van der Waals surface area contributed by atoms with E-state index in [1.165, 1.54) is 10.9 Å². The lowest BCUT2D eigenvalue weighted by molar-refractivity contribution is 0.414. The Morgan fingerprint density at radius 2 is 2.10 bits per heavy atom. The fourth-order valence-electron chi connectivity index (χ4n) is 2.53. The maximum Gasteiger partial charge on any atom is 0.134 e. The third-order valence-electron chi connectivity index (χ3n) is 3.64. The molecule has 0 aliphatic rings. The van der Waals surface area contributed by atoms with Crippen LogP contribution in [0.25, 0.3) is 11.0 Å². The molecule has 1 atom stereocenters. The van der Waals surface area contributed by atoms with E-state index in [4.69, 9.17) is 8.83 Å². The molecular formula is C17H19NO2. The van der Waals surface area contributed by atoms with E-state index in [1.807, 2.05) is 25.2 Å². The monoisotopic (exact) mass is 269 g/mol. The van der Waals surface area contributed by atoms with E-state index in [0.29, 0.717) is 0 Å². The number of furan rings is 2. The molecule has 3 nitrogen and oxygen atoms in total. The van der Waals surface area contributed by atoms with Gasteiger partial charge in [0.15, 0.2) is 0 Å². The van der Waals surface area contributed by atoms with Gasteiger partial charge in [-0.05, 0) is 50.7 Å². The lowest BCUT2D eigenvalue weighted by Gasteiger charge is -2.12. The molecule has 1 aromatic carbocycles. The average Bonchev–Trinajstić information content (AvgIpc) is 3.08. The average molecular weight is 269 g/mol. The lowest BCUT2D eigenvalue weighted by atomic mass is 10.1. The molecule has 0 bridgehead atoms. The van der Waals surface area contributed by atoms with E-state index in [1.54, 1.807) is 6.26 Å². The zero-order chi connectivity index (χ0) is 13.9. The number of hydrogen-bond donors (Lipinski definition) is 1. The van der Waals surface area contributed by atoms with E-state index in [9.17, 15) is 0 Å². The Morgan fingerprint density at radius 3 is 2.85 bits per heavy atom. The van der Waals surface area contributed by atoms with Gasteiger partial charge >= 0.3 is 0 Å². The molecule has 1 N–H and O–H groups in total. The van der Waals surface area contributed by atoms with Gasteiger partial charge in [0.25, 0.3) is 0 Å². The first-order chi connectivity index (χ1) is 9.76. The summed E-state index contributed by atoms with van der Waals surface area (Å²) in [6.45, 7) is 2.10. The molecule has 3 heteroatoms. The molecule has 1 unspecified atom stereocenters. The molecule has 0 saturated carbocycles. The Hall–Kier alpha value is -2.00. The largest absolute Gasteiger partial charge is 0.469 e. The van der Waals surface area contributed by atoms with Gasteiger partial charge < -0.3 is 14.2 Å². The van der Waals surface area contributed by atoms with E-state index in [0.717, 1.165) is 29.9 Å². The van der Waals surface area contributed by atoms with Crippen molar-refractivity contribution >= 4 is 11.0 Å². The van der Waals surface area contributed by atoms with Gasteiger partial charge in [-0.15, -0.1) is 0 Å². The summed E-state index contributed by atoms with van der Waals surface area (Å²) in [6, 6.07) is 12.5. The van der Waals surface area contributed by atoms with Gasteiger partial charge in [-0.3, -0.25) is 0 Å². The van der Waals surface area contributed by atoms with Crippen molar-refractivity contribution in [3.8, 4) is 0 Å². The van der Waals surface area contributed by atoms with Crippen molar-refractivity contribution in [2.75, 3.05) is 7.05 Å². The summed E-state index contributed by atoms with van der Waals surface area (Å²) >= 11 is 0. The SMILES string of the molecule is CNC(CCc1ccco1)c1cc2cc(C)ccc2o1. The normalized spacial score (nSPS) is 12.9. The molecular weight excluding hydrogens is 250 g/mol. The highest BCUT2D eigenvalue weighted by atomic mass is 16.3. The standard InChI is InChI=1S/C17H19NO2/c1-12-5-8-16-13(10-12)11-17(20-16)15(18-2)7-6-14-4-3-9-19-14/h3-5,8-11,15,18H,6-7H2,1-2H3. The van der Waals surface area contributed by atoms with Crippen molar-refractivity contribution < 1.29 is 8.83 Å². The molecule has 3 rings (SSSR count). The first-order valence-corrected chi connectivity index (χ1v) is 6.96. The van der Waals surface area contributed by atoms with Crippen molar-refractivity contribution in [2.24, 2.45) is 0 Å². The molecule has 0 aliphatic heterocycles. The van der Waals surface area contributed by atoms with Crippen LogP contribution in [0.3, 0.4) is 0 Å². The van der Waals surface area contributed by atoms with Crippen LogP contribution < -0.4 is 5.32 Å². The van der Waals surface area contributed by atoms with Crippen molar-refractivity contribution in [3.63, 3.8) is 0 Å². The molecule has 0 saturated heterocycles. The Morgan fingerprint density at radius 1 is 1.20 bits per heavy atom. The third kappa shape index (κ3) is 2.63. The number of hydrogen-bond acceptors (Lipinski definition) is 3. The summed E-state index contributed by atoms with van der Waals surface area (Å²) in [4.78, 5) is 0. The van der Waals surface area contributed by atoms with Crippen LogP contribution in [0.15, 0.2) is 51.5 Å². The molecule has 0 spiro atoms. The fourth-order valence-corrected chi connectivity index (χ4v) is 2.53. The second kappa shape index (κ2) is 5.55. The third-order valence-corrected chi connectivity index (χ3v) is 3.64. The van der Waals surface area contributed by atoms with Crippen molar-refractivity contribution in [2.45, 2.75) is 25.8 Å². The predicted octanol–water partition coefficient (Wildman–Crippen LogP) is 4.23. The second-order valence-corrected chi connectivity index (χ2v) is 5.15. The van der Waals surface area contributed by atoms with Crippen LogP contribution in [0, 0.1) is 6.92 Å². The van der Waals surface area contributed by atoms with Crippen LogP contribution in [-0.4, -0.2) is 7.05 Å². The van der Waals surface area contributed by atoms with Crippen LogP contribution in [0.2, 0.25) is 0 Å². The Bertz CT molecular complexity index is 682. The second-order valence-electron chi connectivity index (χ2n) is 5.15. The molecule has 0 amide bonds. The first-order valence-electron chi connectivity index (χ1n) is 6.96. The maximum absolute atomic E-state index is 5.95. The van der Waals surface area contributed by atoms with Crippen molar-refractivity contribution in [1.29, 1.82) is 0 Å². The zero-order valence-electron chi connectivity index (χ0n) is 11.8. The van der Waals surface area contributed by atoms with Gasteiger partial charge in [0.1, 0.15) is 17.1 Å². The molecule has 0 fully saturated rings.